The molecule has 1 aliphatic carbocycles. The first-order valence-corrected chi connectivity index (χ1v) is 19.4. The van der Waals surface area contributed by atoms with Crippen molar-refractivity contribution in [2.24, 2.45) is 0 Å². The number of nitrogens with zero attached hydrogens (tertiary/aromatic N) is 4. The molecular formula is C53H32N4. The van der Waals surface area contributed by atoms with Crippen LogP contribution in [0, 0.1) is 0 Å². The van der Waals surface area contributed by atoms with Crippen molar-refractivity contribution in [3.05, 3.63) is 194 Å². The molecule has 0 fully saturated rings. The minimum Gasteiger partial charge on any atom is -0.309 e. The predicted molar refractivity (Wildman–Crippen MR) is 235 cm³/mol. The van der Waals surface area contributed by atoms with Gasteiger partial charge in [0, 0.05) is 38.2 Å². The van der Waals surface area contributed by atoms with E-state index >= 15 is 0 Å². The summed E-state index contributed by atoms with van der Waals surface area (Å²) in [5.41, 5.74) is 13.8. The Balaban J connectivity index is 1.15. The second-order valence-electron chi connectivity index (χ2n) is 14.7. The maximum atomic E-state index is 5.13. The molecule has 0 N–H and O–H groups in total. The second-order valence-corrected chi connectivity index (χ2v) is 14.7. The van der Waals surface area contributed by atoms with Crippen molar-refractivity contribution < 1.29 is 0 Å². The monoisotopic (exact) mass is 724 g/mol. The SMILES string of the molecule is c1ccc(-c2nc(-c3ccccc3)nc(-c3ccc(-n4c5cccc6c5c5c7c(ccc(-c8ccccc8)c7ccc54)-c4ccccc4-6)c4ccccc34)n2)cc1. The van der Waals surface area contributed by atoms with Gasteiger partial charge in [0.05, 0.1) is 16.7 Å². The number of aromatic nitrogens is 4. The van der Waals surface area contributed by atoms with Gasteiger partial charge in [-0.1, -0.05) is 170 Å². The van der Waals surface area contributed by atoms with Crippen molar-refractivity contribution in [1.29, 1.82) is 0 Å². The van der Waals surface area contributed by atoms with Crippen LogP contribution in [0.1, 0.15) is 0 Å². The highest BCUT2D eigenvalue weighted by atomic mass is 15.0. The van der Waals surface area contributed by atoms with Crippen molar-refractivity contribution in [3.63, 3.8) is 0 Å². The third-order valence-electron chi connectivity index (χ3n) is 11.6. The Hall–Kier alpha value is -7.69. The summed E-state index contributed by atoms with van der Waals surface area (Å²) in [4.78, 5) is 15.2. The molecule has 0 amide bonds. The van der Waals surface area contributed by atoms with E-state index in [0.717, 1.165) is 33.2 Å². The van der Waals surface area contributed by atoms with Gasteiger partial charge in [0.1, 0.15) is 0 Å². The molecule has 0 radical (unpaired) electrons. The highest BCUT2D eigenvalue weighted by Crippen LogP contribution is 2.51. The summed E-state index contributed by atoms with van der Waals surface area (Å²) in [6, 6.07) is 69.2. The fourth-order valence-electron chi connectivity index (χ4n) is 9.13. The average molecular weight is 725 g/mol. The van der Waals surface area contributed by atoms with Crippen LogP contribution in [0.2, 0.25) is 0 Å². The zero-order valence-electron chi connectivity index (χ0n) is 30.8. The zero-order chi connectivity index (χ0) is 37.5. The highest BCUT2D eigenvalue weighted by molar-refractivity contribution is 6.32. The van der Waals surface area contributed by atoms with Gasteiger partial charge in [0.15, 0.2) is 17.5 Å². The summed E-state index contributed by atoms with van der Waals surface area (Å²) in [5.74, 6) is 1.94. The summed E-state index contributed by atoms with van der Waals surface area (Å²) in [7, 11) is 0. The Morgan fingerprint density at radius 1 is 0.263 bits per heavy atom. The van der Waals surface area contributed by atoms with Gasteiger partial charge in [-0.05, 0) is 68.4 Å². The molecule has 12 rings (SSSR count). The maximum Gasteiger partial charge on any atom is 0.164 e. The van der Waals surface area contributed by atoms with Crippen molar-refractivity contribution in [2.45, 2.75) is 0 Å². The smallest absolute Gasteiger partial charge is 0.164 e. The molecule has 9 aromatic carbocycles. The molecule has 4 nitrogen and oxygen atoms in total. The summed E-state index contributed by atoms with van der Waals surface area (Å²) in [5, 5.41) is 7.32. The Morgan fingerprint density at radius 2 is 0.772 bits per heavy atom. The van der Waals surface area contributed by atoms with Crippen LogP contribution < -0.4 is 0 Å². The molecule has 0 unspecified atom stereocenters. The van der Waals surface area contributed by atoms with E-state index in [1.807, 2.05) is 36.4 Å². The molecule has 0 aliphatic heterocycles. The van der Waals surface area contributed by atoms with Crippen LogP contribution in [0.25, 0.3) is 117 Å². The third-order valence-corrected chi connectivity index (χ3v) is 11.6. The third kappa shape index (κ3) is 4.77. The number of hydrogen-bond donors (Lipinski definition) is 0. The molecule has 0 atom stereocenters. The summed E-state index contributed by atoms with van der Waals surface area (Å²) < 4.78 is 2.48. The van der Waals surface area contributed by atoms with Gasteiger partial charge in [0.25, 0.3) is 0 Å². The Labute approximate surface area is 329 Å². The van der Waals surface area contributed by atoms with Gasteiger partial charge < -0.3 is 4.57 Å². The van der Waals surface area contributed by atoms with Crippen molar-refractivity contribution in [3.8, 4) is 73.2 Å². The minimum absolute atomic E-state index is 0.644. The van der Waals surface area contributed by atoms with E-state index < -0.39 is 0 Å². The molecule has 2 heterocycles. The molecule has 264 valence electrons. The van der Waals surface area contributed by atoms with E-state index in [1.54, 1.807) is 0 Å². The van der Waals surface area contributed by atoms with Crippen LogP contribution in [0.4, 0.5) is 0 Å². The first-order chi connectivity index (χ1) is 28.3. The lowest BCUT2D eigenvalue weighted by molar-refractivity contribution is 1.08. The maximum absolute atomic E-state index is 5.13. The molecule has 0 bridgehead atoms. The Kier molecular flexibility index (Phi) is 6.89. The van der Waals surface area contributed by atoms with Crippen LogP contribution in [0.5, 0.6) is 0 Å². The fraction of sp³-hybridized carbons (Fsp3) is 0. The van der Waals surface area contributed by atoms with Crippen LogP contribution in [-0.2, 0) is 0 Å². The molecular weight excluding hydrogens is 693 g/mol. The molecule has 0 spiro atoms. The van der Waals surface area contributed by atoms with E-state index in [2.05, 4.69) is 162 Å². The molecule has 11 aromatic rings. The number of hydrogen-bond acceptors (Lipinski definition) is 3. The van der Waals surface area contributed by atoms with Crippen LogP contribution >= 0.6 is 0 Å². The van der Waals surface area contributed by atoms with E-state index in [0.29, 0.717) is 17.5 Å². The number of fused-ring (bicyclic) bond motifs is 4. The van der Waals surface area contributed by atoms with E-state index in [-0.39, 0.29) is 0 Å². The molecule has 57 heavy (non-hydrogen) atoms. The Bertz CT molecular complexity index is 3330. The lowest BCUT2D eigenvalue weighted by atomic mass is 9.90. The fourth-order valence-corrected chi connectivity index (χ4v) is 9.13. The van der Waals surface area contributed by atoms with Gasteiger partial charge >= 0.3 is 0 Å². The van der Waals surface area contributed by atoms with Gasteiger partial charge in [0.2, 0.25) is 0 Å². The summed E-state index contributed by atoms with van der Waals surface area (Å²) in [6.07, 6.45) is 0. The highest BCUT2D eigenvalue weighted by Gasteiger charge is 2.26. The van der Waals surface area contributed by atoms with Gasteiger partial charge in [-0.3, -0.25) is 0 Å². The molecule has 1 aliphatic rings. The predicted octanol–water partition coefficient (Wildman–Crippen LogP) is 13.6. The standard InChI is InChI=1S/C53H32N4/c1-4-15-33(16-5-1)36-27-28-43-38-22-11-10-21-37(38)41-25-14-26-46-49(41)50-47(32-29-42(36)48(43)50)57(46)45-31-30-44(39-23-12-13-24-40(39)45)53-55-51(34-17-6-2-7-18-34)54-52(56-53)35-19-8-3-9-20-35/h1-32H. The minimum atomic E-state index is 0.644. The van der Waals surface area contributed by atoms with Crippen molar-refractivity contribution >= 4 is 43.4 Å². The first kappa shape index (κ1) is 31.6. The topological polar surface area (TPSA) is 43.6 Å². The lowest BCUT2D eigenvalue weighted by Gasteiger charge is -2.17. The van der Waals surface area contributed by atoms with Crippen LogP contribution in [-0.4, -0.2) is 19.5 Å². The average Bonchev–Trinajstić information content (AvgIpc) is 3.57. The quantitative estimate of drug-likeness (QED) is 0.177. The largest absolute Gasteiger partial charge is 0.309 e. The van der Waals surface area contributed by atoms with E-state index in [4.69, 9.17) is 15.0 Å². The van der Waals surface area contributed by atoms with Gasteiger partial charge in [-0.2, -0.15) is 0 Å². The first-order valence-electron chi connectivity index (χ1n) is 19.4. The van der Waals surface area contributed by atoms with Crippen LogP contribution in [0.3, 0.4) is 0 Å². The normalized spacial score (nSPS) is 11.9. The number of benzene rings is 9. The van der Waals surface area contributed by atoms with Gasteiger partial charge in [-0.15, -0.1) is 0 Å². The van der Waals surface area contributed by atoms with E-state index in [9.17, 15) is 0 Å². The zero-order valence-corrected chi connectivity index (χ0v) is 30.8. The number of rotatable bonds is 5. The summed E-state index contributed by atoms with van der Waals surface area (Å²) >= 11 is 0. The lowest BCUT2D eigenvalue weighted by Crippen LogP contribution is -2.01. The second kappa shape index (κ2) is 12.4. The molecule has 0 saturated heterocycles. The van der Waals surface area contributed by atoms with Crippen LogP contribution in [0.15, 0.2) is 194 Å². The Morgan fingerprint density at radius 3 is 1.46 bits per heavy atom. The molecule has 4 heteroatoms. The summed E-state index contributed by atoms with van der Waals surface area (Å²) in [6.45, 7) is 0. The van der Waals surface area contributed by atoms with E-state index in [1.165, 1.54) is 66.0 Å². The van der Waals surface area contributed by atoms with Crippen molar-refractivity contribution in [2.75, 3.05) is 0 Å². The van der Waals surface area contributed by atoms with Crippen molar-refractivity contribution in [1.82, 2.24) is 19.5 Å². The molecule has 2 aromatic heterocycles. The molecule has 0 saturated carbocycles. The van der Waals surface area contributed by atoms with Gasteiger partial charge in [-0.25, -0.2) is 15.0 Å².